The normalized spacial score (nSPS) is 12.8. The molecule has 0 fully saturated rings. The fourth-order valence-corrected chi connectivity index (χ4v) is 3.00. The number of rotatable bonds is 8. The van der Waals surface area contributed by atoms with E-state index in [0.717, 1.165) is 18.7 Å². The van der Waals surface area contributed by atoms with Crippen LogP contribution >= 0.6 is 0 Å². The summed E-state index contributed by atoms with van der Waals surface area (Å²) < 4.78 is 6.28. The van der Waals surface area contributed by atoms with Gasteiger partial charge >= 0.3 is 0 Å². The largest absolute Gasteiger partial charge is 0.486 e. The minimum Gasteiger partial charge on any atom is -0.486 e. The first-order valence-electron chi connectivity index (χ1n) is 8.60. The number of benzene rings is 2. The summed E-state index contributed by atoms with van der Waals surface area (Å²) in [5, 5.41) is 0. The Morgan fingerprint density at radius 3 is 1.83 bits per heavy atom. The van der Waals surface area contributed by atoms with Crippen molar-refractivity contribution in [1.29, 1.82) is 0 Å². The highest BCUT2D eigenvalue weighted by molar-refractivity contribution is 5.24. The Morgan fingerprint density at radius 1 is 0.783 bits per heavy atom. The molecule has 0 aliphatic rings. The molecule has 0 saturated heterocycles. The molecular weight excluding hydrogens is 282 g/mol. The molecule has 1 atom stereocenters. The van der Waals surface area contributed by atoms with Crippen LogP contribution in [0.15, 0.2) is 60.7 Å². The number of para-hydroxylation sites is 1. The van der Waals surface area contributed by atoms with E-state index < -0.39 is 0 Å². The quantitative estimate of drug-likeness (QED) is 0.654. The van der Waals surface area contributed by atoms with Crippen LogP contribution in [-0.4, -0.2) is 23.5 Å². The molecule has 0 N–H and O–H groups in total. The first-order chi connectivity index (χ1) is 11.1. The van der Waals surface area contributed by atoms with E-state index in [0.29, 0.717) is 12.1 Å². The van der Waals surface area contributed by atoms with Gasteiger partial charge in [0.25, 0.3) is 0 Å². The molecule has 0 aliphatic heterocycles. The van der Waals surface area contributed by atoms with Crippen molar-refractivity contribution >= 4 is 0 Å². The van der Waals surface area contributed by atoms with Crippen LogP contribution in [-0.2, 0) is 0 Å². The third-order valence-electron chi connectivity index (χ3n) is 4.17. The fraction of sp³-hybridized carbons (Fsp3) is 0.429. The van der Waals surface area contributed by atoms with Crippen LogP contribution in [0.3, 0.4) is 0 Å². The zero-order valence-electron chi connectivity index (χ0n) is 14.8. The van der Waals surface area contributed by atoms with Gasteiger partial charge in [-0.3, -0.25) is 4.90 Å². The lowest BCUT2D eigenvalue weighted by Gasteiger charge is -2.32. The van der Waals surface area contributed by atoms with Crippen molar-refractivity contribution in [3.63, 3.8) is 0 Å². The maximum atomic E-state index is 6.28. The molecule has 2 nitrogen and oxygen atoms in total. The second kappa shape index (κ2) is 8.73. The Hall–Kier alpha value is -1.80. The molecule has 0 amide bonds. The number of hydrogen-bond donors (Lipinski definition) is 0. The lowest BCUT2D eigenvalue weighted by atomic mass is 10.1. The Labute approximate surface area is 141 Å². The number of hydrogen-bond acceptors (Lipinski definition) is 2. The van der Waals surface area contributed by atoms with Crippen LogP contribution in [0, 0.1) is 0 Å². The summed E-state index contributed by atoms with van der Waals surface area (Å²) in [5.41, 5.74) is 1.24. The van der Waals surface area contributed by atoms with Gasteiger partial charge in [-0.1, -0.05) is 48.5 Å². The SMILES string of the molecule is CC(C)N(CCC(Oc1ccccc1)c1ccccc1)C(C)C. The molecule has 2 aromatic rings. The molecule has 0 saturated carbocycles. The summed E-state index contributed by atoms with van der Waals surface area (Å²) in [6.45, 7) is 10.1. The fourth-order valence-electron chi connectivity index (χ4n) is 3.00. The van der Waals surface area contributed by atoms with E-state index in [-0.39, 0.29) is 6.10 Å². The maximum absolute atomic E-state index is 6.28. The van der Waals surface area contributed by atoms with Crippen molar-refractivity contribution in [2.24, 2.45) is 0 Å². The van der Waals surface area contributed by atoms with Crippen molar-refractivity contribution in [3.8, 4) is 5.75 Å². The smallest absolute Gasteiger partial charge is 0.125 e. The molecule has 1 unspecified atom stereocenters. The van der Waals surface area contributed by atoms with Gasteiger partial charge in [-0.15, -0.1) is 0 Å². The highest BCUT2D eigenvalue weighted by Crippen LogP contribution is 2.25. The first kappa shape index (κ1) is 17.6. The minimum absolute atomic E-state index is 0.0820. The molecule has 23 heavy (non-hydrogen) atoms. The van der Waals surface area contributed by atoms with Crippen molar-refractivity contribution in [2.75, 3.05) is 6.54 Å². The second-order valence-electron chi connectivity index (χ2n) is 6.54. The monoisotopic (exact) mass is 311 g/mol. The van der Waals surface area contributed by atoms with E-state index in [4.69, 9.17) is 4.74 Å². The highest BCUT2D eigenvalue weighted by Gasteiger charge is 2.18. The Balaban J connectivity index is 2.11. The second-order valence-corrected chi connectivity index (χ2v) is 6.54. The third-order valence-corrected chi connectivity index (χ3v) is 4.17. The first-order valence-corrected chi connectivity index (χ1v) is 8.60. The van der Waals surface area contributed by atoms with E-state index in [1.807, 2.05) is 30.3 Å². The van der Waals surface area contributed by atoms with Gasteiger partial charge in [-0.25, -0.2) is 0 Å². The zero-order chi connectivity index (χ0) is 16.7. The Bertz CT molecular complexity index is 543. The molecule has 0 aliphatic carbocycles. The van der Waals surface area contributed by atoms with Crippen LogP contribution in [0.1, 0.15) is 45.8 Å². The summed E-state index contributed by atoms with van der Waals surface area (Å²) in [6, 6.07) is 21.7. The van der Waals surface area contributed by atoms with E-state index in [1.54, 1.807) is 0 Å². The van der Waals surface area contributed by atoms with Crippen LogP contribution in [0.25, 0.3) is 0 Å². The Kier molecular flexibility index (Phi) is 6.66. The molecule has 124 valence electrons. The van der Waals surface area contributed by atoms with Gasteiger partial charge in [0.05, 0.1) is 0 Å². The summed E-state index contributed by atoms with van der Waals surface area (Å²) in [7, 11) is 0. The molecule has 2 aromatic carbocycles. The number of nitrogens with zero attached hydrogens (tertiary/aromatic N) is 1. The summed E-state index contributed by atoms with van der Waals surface area (Å²) in [6.07, 6.45) is 1.06. The van der Waals surface area contributed by atoms with E-state index in [1.165, 1.54) is 5.56 Å². The van der Waals surface area contributed by atoms with E-state index in [2.05, 4.69) is 62.9 Å². The average molecular weight is 311 g/mol. The highest BCUT2D eigenvalue weighted by atomic mass is 16.5. The summed E-state index contributed by atoms with van der Waals surface area (Å²) in [5.74, 6) is 0.932. The van der Waals surface area contributed by atoms with Gasteiger partial charge in [0.15, 0.2) is 0 Å². The average Bonchev–Trinajstić information content (AvgIpc) is 2.55. The molecule has 0 bridgehead atoms. The van der Waals surface area contributed by atoms with Gasteiger partial charge < -0.3 is 4.74 Å². The number of ether oxygens (including phenoxy) is 1. The van der Waals surface area contributed by atoms with Gasteiger partial charge in [0, 0.05) is 25.0 Å². The van der Waals surface area contributed by atoms with Crippen LogP contribution in [0.2, 0.25) is 0 Å². The predicted molar refractivity (Wildman–Crippen MR) is 97.8 cm³/mol. The minimum atomic E-state index is 0.0820. The van der Waals surface area contributed by atoms with Crippen molar-refractivity contribution in [3.05, 3.63) is 66.2 Å². The lowest BCUT2D eigenvalue weighted by molar-refractivity contribution is 0.127. The van der Waals surface area contributed by atoms with E-state index >= 15 is 0 Å². The van der Waals surface area contributed by atoms with Crippen molar-refractivity contribution < 1.29 is 4.74 Å². The lowest BCUT2D eigenvalue weighted by Crippen LogP contribution is -2.38. The molecule has 0 aromatic heterocycles. The van der Waals surface area contributed by atoms with Crippen LogP contribution in [0.4, 0.5) is 0 Å². The summed E-state index contributed by atoms with van der Waals surface area (Å²) in [4.78, 5) is 2.52. The van der Waals surface area contributed by atoms with Crippen LogP contribution < -0.4 is 4.74 Å². The molecular formula is C21H29NO. The zero-order valence-corrected chi connectivity index (χ0v) is 14.8. The van der Waals surface area contributed by atoms with Gasteiger partial charge in [-0.2, -0.15) is 0 Å². The molecule has 0 spiro atoms. The Morgan fingerprint density at radius 2 is 1.30 bits per heavy atom. The maximum Gasteiger partial charge on any atom is 0.125 e. The molecule has 0 radical (unpaired) electrons. The molecule has 2 rings (SSSR count). The van der Waals surface area contributed by atoms with Gasteiger partial charge in [0.2, 0.25) is 0 Å². The topological polar surface area (TPSA) is 12.5 Å². The van der Waals surface area contributed by atoms with Gasteiger partial charge in [-0.05, 0) is 45.4 Å². The predicted octanol–water partition coefficient (Wildman–Crippen LogP) is 5.32. The van der Waals surface area contributed by atoms with Crippen LogP contribution in [0.5, 0.6) is 5.75 Å². The molecule has 0 heterocycles. The van der Waals surface area contributed by atoms with Crippen molar-refractivity contribution in [2.45, 2.75) is 52.3 Å². The standard InChI is InChI=1S/C21H29NO/c1-17(2)22(18(3)4)16-15-21(19-11-7-5-8-12-19)23-20-13-9-6-10-14-20/h5-14,17-18,21H,15-16H2,1-4H3. The summed E-state index contributed by atoms with van der Waals surface area (Å²) >= 11 is 0. The van der Waals surface area contributed by atoms with E-state index in [9.17, 15) is 0 Å². The third kappa shape index (κ3) is 5.40. The van der Waals surface area contributed by atoms with Gasteiger partial charge in [0.1, 0.15) is 11.9 Å². The van der Waals surface area contributed by atoms with Crippen molar-refractivity contribution in [1.82, 2.24) is 4.90 Å². The molecule has 2 heteroatoms.